The molecule has 0 radical (unpaired) electrons. The van der Waals surface area contributed by atoms with Gasteiger partial charge >= 0.3 is 0 Å². The predicted octanol–water partition coefficient (Wildman–Crippen LogP) is 1.85. The number of hydrogen-bond donors (Lipinski definition) is 3. The minimum atomic E-state index is -3.15. The maximum Gasteiger partial charge on any atom is 0.268 e. The average Bonchev–Trinajstić information content (AvgIpc) is 3.31. The number of rotatable bonds is 10. The van der Waals surface area contributed by atoms with Crippen LogP contribution in [0.15, 0.2) is 48.7 Å². The second-order valence-electron chi connectivity index (χ2n) is 9.26. The highest BCUT2D eigenvalue weighted by molar-refractivity contribution is 6.07. The van der Waals surface area contributed by atoms with Gasteiger partial charge in [-0.1, -0.05) is 6.07 Å². The molecule has 0 spiro atoms. The lowest BCUT2D eigenvalue weighted by Gasteiger charge is -2.19. The van der Waals surface area contributed by atoms with Crippen LogP contribution in [0, 0.1) is 11.3 Å². The van der Waals surface area contributed by atoms with E-state index in [2.05, 4.69) is 15.6 Å². The minimum Gasteiger partial charge on any atom is -0.497 e. The number of hydrogen-bond acceptors (Lipinski definition) is 8. The Morgan fingerprint density at radius 2 is 2.00 bits per heavy atom. The number of benzene rings is 2. The third kappa shape index (κ3) is 6.85. The van der Waals surface area contributed by atoms with Crippen molar-refractivity contribution in [2.45, 2.75) is 18.4 Å². The van der Waals surface area contributed by atoms with Gasteiger partial charge in [-0.15, -0.1) is 0 Å². The molecule has 0 saturated carbocycles. The van der Waals surface area contributed by atoms with E-state index >= 15 is 0 Å². The lowest BCUT2D eigenvalue weighted by Crippen LogP contribution is -2.43. The largest absolute Gasteiger partial charge is 0.497 e. The van der Waals surface area contributed by atoms with E-state index in [-0.39, 0.29) is 31.2 Å². The summed E-state index contributed by atoms with van der Waals surface area (Å²) >= 11 is 0. The van der Waals surface area contributed by atoms with Crippen molar-refractivity contribution >= 4 is 28.6 Å². The third-order valence-electron chi connectivity index (χ3n) is 6.49. The van der Waals surface area contributed by atoms with E-state index in [1.54, 1.807) is 42.5 Å². The Bertz CT molecular complexity index is 1510. The molecule has 1 fully saturated rings. The number of fused-ring (bicyclic) bond motifs is 1. The second-order valence-corrected chi connectivity index (χ2v) is 9.26. The Kier molecular flexibility index (Phi) is 8.94. The van der Waals surface area contributed by atoms with Gasteiger partial charge in [-0.2, -0.15) is 5.26 Å². The number of methoxy groups -OCH3 is 1. The van der Waals surface area contributed by atoms with E-state index in [4.69, 9.17) is 20.5 Å². The predicted molar refractivity (Wildman–Crippen MR) is 144 cm³/mol. The molecular weight excluding hydrogens is 538 g/mol. The molecule has 0 unspecified atom stereocenters. The van der Waals surface area contributed by atoms with Crippen LogP contribution in [0.5, 0.6) is 11.5 Å². The summed E-state index contributed by atoms with van der Waals surface area (Å²) in [6.45, 7) is -1.14. The summed E-state index contributed by atoms with van der Waals surface area (Å²) in [5.41, 5.74) is 7.40. The number of nitriles is 1. The molecule has 0 aliphatic carbocycles. The Hall–Kier alpha value is -4.83. The lowest BCUT2D eigenvalue weighted by molar-refractivity contribution is -0.131. The number of likely N-dealkylation sites (tertiary alicyclic amines) is 1. The minimum absolute atomic E-state index is 0.131. The molecule has 41 heavy (non-hydrogen) atoms. The Labute approximate surface area is 234 Å². The van der Waals surface area contributed by atoms with Crippen LogP contribution >= 0.6 is 0 Å². The first kappa shape index (κ1) is 29.2. The van der Waals surface area contributed by atoms with Gasteiger partial charge in [0.1, 0.15) is 24.1 Å². The van der Waals surface area contributed by atoms with Crippen LogP contribution < -0.4 is 25.8 Å². The SMILES string of the molecule is COc1ccc(-c2ccc3nccc(C(=O)NCC(=O)N4CC(F)(F)C[C@H]4C#N)c3c2)c(OCCNC(=O)CN)c1. The molecule has 2 heterocycles. The Morgan fingerprint density at radius 3 is 2.73 bits per heavy atom. The molecule has 1 aromatic heterocycles. The van der Waals surface area contributed by atoms with E-state index < -0.39 is 43.3 Å². The van der Waals surface area contributed by atoms with E-state index in [0.717, 1.165) is 4.90 Å². The topological polar surface area (TPSA) is 160 Å². The van der Waals surface area contributed by atoms with Gasteiger partial charge < -0.3 is 30.7 Å². The van der Waals surface area contributed by atoms with E-state index in [1.807, 2.05) is 0 Å². The molecule has 3 amide bonds. The summed E-state index contributed by atoms with van der Waals surface area (Å²) in [6, 6.07) is 12.5. The smallest absolute Gasteiger partial charge is 0.268 e. The number of pyridine rings is 1. The van der Waals surface area contributed by atoms with Gasteiger partial charge in [-0.05, 0) is 35.9 Å². The van der Waals surface area contributed by atoms with Crippen molar-refractivity contribution in [3.63, 3.8) is 0 Å². The summed E-state index contributed by atoms with van der Waals surface area (Å²) in [4.78, 5) is 42.2. The number of ether oxygens (including phenoxy) is 2. The van der Waals surface area contributed by atoms with Crippen LogP contribution in [-0.2, 0) is 9.59 Å². The molecule has 2 aromatic carbocycles. The van der Waals surface area contributed by atoms with Gasteiger partial charge in [0.15, 0.2) is 0 Å². The number of carbonyl (C=O) groups is 3. The van der Waals surface area contributed by atoms with Crippen LogP contribution in [-0.4, -0.2) is 79.5 Å². The van der Waals surface area contributed by atoms with Crippen molar-refractivity contribution in [1.29, 1.82) is 5.26 Å². The van der Waals surface area contributed by atoms with Crippen molar-refractivity contribution < 1.29 is 32.6 Å². The van der Waals surface area contributed by atoms with Crippen LogP contribution in [0.3, 0.4) is 0 Å². The van der Waals surface area contributed by atoms with E-state index in [9.17, 15) is 23.2 Å². The molecule has 1 saturated heterocycles. The number of nitrogens with zero attached hydrogens (tertiary/aromatic N) is 3. The molecule has 13 heteroatoms. The van der Waals surface area contributed by atoms with Gasteiger partial charge in [-0.3, -0.25) is 19.4 Å². The molecule has 3 aromatic rings. The second kappa shape index (κ2) is 12.6. The third-order valence-corrected chi connectivity index (χ3v) is 6.49. The molecule has 1 atom stereocenters. The van der Waals surface area contributed by atoms with Gasteiger partial charge in [-0.25, -0.2) is 8.78 Å². The highest BCUT2D eigenvalue weighted by Gasteiger charge is 2.47. The highest BCUT2D eigenvalue weighted by atomic mass is 19.3. The first-order chi connectivity index (χ1) is 19.7. The van der Waals surface area contributed by atoms with Crippen molar-refractivity contribution in [3.05, 3.63) is 54.2 Å². The summed E-state index contributed by atoms with van der Waals surface area (Å²) in [5.74, 6) is -3.82. The Balaban J connectivity index is 1.55. The van der Waals surface area contributed by atoms with Crippen molar-refractivity contribution in [2.24, 2.45) is 5.73 Å². The summed E-state index contributed by atoms with van der Waals surface area (Å²) in [7, 11) is 1.52. The maximum atomic E-state index is 13.7. The van der Waals surface area contributed by atoms with Crippen molar-refractivity contribution in [2.75, 3.05) is 39.9 Å². The average molecular weight is 567 g/mol. The van der Waals surface area contributed by atoms with Gasteiger partial charge in [0.2, 0.25) is 11.8 Å². The molecule has 1 aliphatic heterocycles. The molecule has 1 aliphatic rings. The van der Waals surface area contributed by atoms with Gasteiger partial charge in [0, 0.05) is 29.6 Å². The maximum absolute atomic E-state index is 13.7. The molecule has 214 valence electrons. The van der Waals surface area contributed by atoms with Crippen molar-refractivity contribution in [1.82, 2.24) is 20.5 Å². The van der Waals surface area contributed by atoms with Crippen LogP contribution in [0.25, 0.3) is 22.0 Å². The first-order valence-electron chi connectivity index (χ1n) is 12.7. The zero-order valence-corrected chi connectivity index (χ0v) is 22.2. The van der Waals surface area contributed by atoms with Gasteiger partial charge in [0.05, 0.1) is 50.4 Å². The first-order valence-corrected chi connectivity index (χ1v) is 12.7. The van der Waals surface area contributed by atoms with E-state index in [1.165, 1.54) is 19.4 Å². The molecular formula is C28H28F2N6O5. The number of nitrogens with one attached hydrogen (secondary N) is 2. The Morgan fingerprint density at radius 1 is 1.20 bits per heavy atom. The number of aromatic nitrogens is 1. The normalized spacial score (nSPS) is 15.7. The van der Waals surface area contributed by atoms with Crippen LogP contribution in [0.2, 0.25) is 0 Å². The summed E-state index contributed by atoms with van der Waals surface area (Å²) < 4.78 is 38.7. The standard InChI is InChI=1S/C28H28F2N6O5/c1-40-19-3-4-20(24(11-19)41-9-8-34-25(37)14-32)17-2-5-23-22(10-17)21(6-7-33-23)27(39)35-15-26(38)36-16-28(29,30)12-18(36)13-31/h2-7,10-11,18H,8-9,12,14-16,32H2,1H3,(H,34,37)(H,35,39)/t18-/m0/s1. The highest BCUT2D eigenvalue weighted by Crippen LogP contribution is 2.35. The summed E-state index contributed by atoms with van der Waals surface area (Å²) in [5, 5.41) is 14.7. The summed E-state index contributed by atoms with van der Waals surface area (Å²) in [6.07, 6.45) is 0.712. The van der Waals surface area contributed by atoms with Crippen LogP contribution in [0.1, 0.15) is 16.8 Å². The number of halogens is 2. The van der Waals surface area contributed by atoms with Crippen molar-refractivity contribution in [3.8, 4) is 28.7 Å². The lowest BCUT2D eigenvalue weighted by atomic mass is 9.99. The zero-order valence-electron chi connectivity index (χ0n) is 22.2. The van der Waals surface area contributed by atoms with Gasteiger partial charge in [0.25, 0.3) is 11.8 Å². The number of alkyl halides is 2. The molecule has 4 N–H and O–H groups in total. The fourth-order valence-corrected chi connectivity index (χ4v) is 4.47. The van der Waals surface area contributed by atoms with E-state index in [0.29, 0.717) is 33.5 Å². The molecule has 0 bridgehead atoms. The van der Waals surface area contributed by atoms with Crippen LogP contribution in [0.4, 0.5) is 8.78 Å². The molecule has 4 rings (SSSR count). The number of nitrogens with two attached hydrogens (primary N) is 1. The molecule has 11 nitrogen and oxygen atoms in total. The fourth-order valence-electron chi connectivity index (χ4n) is 4.47. The fraction of sp³-hybridized carbons (Fsp3) is 0.321. The number of carbonyl (C=O) groups excluding carboxylic acids is 3. The zero-order chi connectivity index (χ0) is 29.6. The number of amides is 3. The quantitative estimate of drug-likeness (QED) is 0.314. The monoisotopic (exact) mass is 566 g/mol.